The summed E-state index contributed by atoms with van der Waals surface area (Å²) in [7, 11) is -1.92. The van der Waals surface area contributed by atoms with Gasteiger partial charge in [0.05, 0.1) is 30.3 Å². The highest BCUT2D eigenvalue weighted by atomic mass is 28.3. The van der Waals surface area contributed by atoms with E-state index in [1.54, 1.807) is 0 Å². The smallest absolute Gasteiger partial charge is 0.146 e. The maximum Gasteiger partial charge on any atom is 0.146 e. The summed E-state index contributed by atoms with van der Waals surface area (Å²) in [5.74, 6) is 25.7. The molecule has 1 aliphatic carbocycles. The third-order valence-corrected chi connectivity index (χ3v) is 15.1. The Labute approximate surface area is 298 Å². The minimum Gasteiger partial charge on any atom is -0.492 e. The fourth-order valence-electron chi connectivity index (χ4n) is 6.19. The molecule has 249 valence electrons. The zero-order chi connectivity index (χ0) is 35.2. The lowest BCUT2D eigenvalue weighted by Gasteiger charge is -2.38. The number of ether oxygens (including phenoxy) is 2. The Morgan fingerprint density at radius 3 is 1.27 bits per heavy atom. The molecule has 5 radical (unpaired) electrons. The molecule has 1 saturated carbocycles. The Bertz CT molecular complexity index is 1750. The fraction of sp³-hybridized carbons (Fsp3) is 0.326. The van der Waals surface area contributed by atoms with E-state index in [0.29, 0.717) is 29.8 Å². The van der Waals surface area contributed by atoms with Crippen LogP contribution < -0.4 is 9.47 Å². The number of rotatable bonds is 9. The molecule has 4 rings (SSSR count). The normalized spacial score (nSPS) is 12.7. The first kappa shape index (κ1) is 37.5. The molecule has 3 aromatic carbocycles. The van der Waals surface area contributed by atoms with Gasteiger partial charge in [-0.3, -0.25) is 0 Å². The highest BCUT2D eigenvalue weighted by Crippen LogP contribution is 2.41. The average Bonchev–Trinajstić information content (AvgIpc) is 3.62. The second kappa shape index (κ2) is 18.5. The van der Waals surface area contributed by atoms with Crippen molar-refractivity contribution < 1.29 is 9.47 Å². The van der Waals surface area contributed by atoms with Crippen molar-refractivity contribution in [2.75, 3.05) is 13.2 Å². The van der Waals surface area contributed by atoms with Crippen LogP contribution in [0.3, 0.4) is 0 Å². The van der Waals surface area contributed by atoms with Gasteiger partial charge in [-0.25, -0.2) is 0 Å². The van der Waals surface area contributed by atoms with Gasteiger partial charge in [0.15, 0.2) is 0 Å². The lowest BCUT2D eigenvalue weighted by Crippen LogP contribution is -2.43. The average molecular weight is 662 g/mol. The van der Waals surface area contributed by atoms with E-state index in [1.165, 1.54) is 0 Å². The molecule has 0 N–H and O–H groups in total. The van der Waals surface area contributed by atoms with Crippen LogP contribution >= 0.6 is 0 Å². The van der Waals surface area contributed by atoms with Crippen LogP contribution in [0.2, 0.25) is 16.6 Å². The van der Waals surface area contributed by atoms with E-state index in [2.05, 4.69) is 102 Å². The first-order chi connectivity index (χ1) is 23.7. The van der Waals surface area contributed by atoms with Crippen molar-refractivity contribution in [3.63, 3.8) is 0 Å². The third kappa shape index (κ3) is 10.4. The Hall–Kier alpha value is -4.28. The highest BCUT2D eigenvalue weighted by Gasteiger charge is 2.41. The van der Waals surface area contributed by atoms with E-state index >= 15 is 0 Å². The topological polar surface area (TPSA) is 18.5 Å². The summed E-state index contributed by atoms with van der Waals surface area (Å²) in [5, 5.41) is 0. The molecule has 1 fully saturated rings. The SMILES string of the molecule is CCCOc1cc(C#C[Si](C(C)C)(C(C)C)C(C)C)c(OCCC)cc1C#Cc1ccc(C#Cc2ccc(C#C[C]3[CH][CH][CH][CH]3)cc2)cc1. The minimum absolute atomic E-state index is 0.548. The predicted octanol–water partition coefficient (Wildman–Crippen LogP) is 10.4. The zero-order valence-corrected chi connectivity index (χ0v) is 31.5. The van der Waals surface area contributed by atoms with Crippen LogP contribution in [-0.2, 0) is 0 Å². The van der Waals surface area contributed by atoms with Crippen LogP contribution in [0.1, 0.15) is 102 Å². The van der Waals surface area contributed by atoms with Crippen molar-refractivity contribution in [2.45, 2.75) is 84.9 Å². The molecule has 3 heteroatoms. The molecular formula is C46H49O2Si. The Morgan fingerprint density at radius 1 is 0.510 bits per heavy atom. The monoisotopic (exact) mass is 661 g/mol. The van der Waals surface area contributed by atoms with Crippen LogP contribution in [0.15, 0.2) is 60.7 Å². The molecule has 49 heavy (non-hydrogen) atoms. The lowest BCUT2D eigenvalue weighted by atomic mass is 10.1. The standard InChI is InChI=1S/C46H49O2Si/c1-9-30-47-45-34-44(29-32-49(35(3)4,36(5)6)37(7)8)46(48-31-10-2)33-43(45)28-27-42-25-23-41(24-26-42)22-21-40-19-17-39(18-20-40)16-15-38-13-11-12-14-38/h11-14,17-20,23-26,33-37H,9-10,30-31H2,1-8H3. The molecule has 2 nitrogen and oxygen atoms in total. The molecule has 0 aromatic heterocycles. The molecule has 0 amide bonds. The molecule has 0 saturated heterocycles. The van der Waals surface area contributed by atoms with Gasteiger partial charge in [0.25, 0.3) is 0 Å². The van der Waals surface area contributed by atoms with E-state index in [4.69, 9.17) is 9.47 Å². The van der Waals surface area contributed by atoms with E-state index < -0.39 is 8.07 Å². The van der Waals surface area contributed by atoms with Gasteiger partial charge >= 0.3 is 0 Å². The van der Waals surface area contributed by atoms with Crippen molar-refractivity contribution in [1.82, 2.24) is 0 Å². The molecular weight excluding hydrogens is 613 g/mol. The second-order valence-electron chi connectivity index (χ2n) is 13.3. The highest BCUT2D eigenvalue weighted by molar-refractivity contribution is 6.90. The number of benzene rings is 3. The van der Waals surface area contributed by atoms with Gasteiger partial charge in [-0.2, -0.15) is 0 Å². The molecule has 0 bridgehead atoms. The summed E-state index contributed by atoms with van der Waals surface area (Å²) in [5.41, 5.74) is 10.9. The van der Waals surface area contributed by atoms with Crippen LogP contribution in [0.4, 0.5) is 0 Å². The second-order valence-corrected chi connectivity index (χ2v) is 18.8. The van der Waals surface area contributed by atoms with Crippen molar-refractivity contribution in [2.24, 2.45) is 0 Å². The zero-order valence-electron chi connectivity index (χ0n) is 30.5. The van der Waals surface area contributed by atoms with Gasteiger partial charge < -0.3 is 9.47 Å². The summed E-state index contributed by atoms with van der Waals surface area (Å²) in [6, 6.07) is 20.1. The van der Waals surface area contributed by atoms with Crippen molar-refractivity contribution in [3.8, 4) is 58.5 Å². The third-order valence-electron chi connectivity index (χ3n) is 8.76. The maximum absolute atomic E-state index is 6.27. The van der Waals surface area contributed by atoms with Gasteiger partial charge in [-0.1, -0.05) is 96.8 Å². The van der Waals surface area contributed by atoms with Crippen LogP contribution in [0.25, 0.3) is 0 Å². The van der Waals surface area contributed by atoms with Crippen LogP contribution in [0.5, 0.6) is 11.5 Å². The van der Waals surface area contributed by atoms with Gasteiger partial charge in [0.2, 0.25) is 0 Å². The van der Waals surface area contributed by atoms with Gasteiger partial charge in [-0.15, -0.1) is 5.54 Å². The summed E-state index contributed by atoms with van der Waals surface area (Å²) in [6.07, 6.45) is 9.82. The Balaban J connectivity index is 1.58. The summed E-state index contributed by atoms with van der Waals surface area (Å²) in [4.78, 5) is 0. The molecule has 0 atom stereocenters. The summed E-state index contributed by atoms with van der Waals surface area (Å²) >= 11 is 0. The Kier molecular flexibility index (Phi) is 14.1. The molecule has 0 unspecified atom stereocenters. The summed E-state index contributed by atoms with van der Waals surface area (Å²) < 4.78 is 12.5. The van der Waals surface area contributed by atoms with Crippen LogP contribution in [-0.4, -0.2) is 21.3 Å². The van der Waals surface area contributed by atoms with Gasteiger partial charge in [-0.05, 0) is 104 Å². The molecule has 3 aromatic rings. The predicted molar refractivity (Wildman–Crippen MR) is 208 cm³/mol. The summed E-state index contributed by atoms with van der Waals surface area (Å²) in [6.45, 7) is 19.5. The quantitative estimate of drug-likeness (QED) is 0.168. The molecule has 1 aliphatic rings. The van der Waals surface area contributed by atoms with E-state index in [-0.39, 0.29) is 0 Å². The first-order valence-electron chi connectivity index (χ1n) is 17.6. The molecule has 0 spiro atoms. The largest absolute Gasteiger partial charge is 0.492 e. The van der Waals surface area contributed by atoms with Crippen LogP contribution in [0, 0.1) is 78.6 Å². The molecule has 0 heterocycles. The number of hydrogen-bond donors (Lipinski definition) is 0. The van der Waals surface area contributed by atoms with Gasteiger partial charge in [0.1, 0.15) is 19.6 Å². The van der Waals surface area contributed by atoms with Crippen molar-refractivity contribution in [3.05, 3.63) is 126 Å². The lowest BCUT2D eigenvalue weighted by molar-refractivity contribution is 0.307. The Morgan fingerprint density at radius 2 is 0.878 bits per heavy atom. The van der Waals surface area contributed by atoms with E-state index in [0.717, 1.165) is 63.6 Å². The van der Waals surface area contributed by atoms with Crippen molar-refractivity contribution in [1.29, 1.82) is 0 Å². The maximum atomic E-state index is 6.27. The fourth-order valence-corrected chi connectivity index (χ4v) is 11.4. The van der Waals surface area contributed by atoms with Gasteiger partial charge in [0, 0.05) is 34.4 Å². The van der Waals surface area contributed by atoms with E-state index in [1.807, 2.05) is 86.3 Å². The molecule has 0 aliphatic heterocycles. The minimum atomic E-state index is -1.92. The van der Waals surface area contributed by atoms with E-state index in [9.17, 15) is 0 Å². The first-order valence-corrected chi connectivity index (χ1v) is 19.8. The number of hydrogen-bond acceptors (Lipinski definition) is 2. The van der Waals surface area contributed by atoms with Crippen molar-refractivity contribution >= 4 is 8.07 Å².